The minimum Gasteiger partial charge on any atom is -0.478 e. The fraction of sp³-hybridized carbons (Fsp3) is 0.382. The third-order valence-corrected chi connectivity index (χ3v) is 9.21. The molecular formula is C34H36ClN7O5. The van der Waals surface area contributed by atoms with Gasteiger partial charge in [0.15, 0.2) is 11.6 Å². The number of nitrogens with zero attached hydrogens (tertiary/aromatic N) is 5. The van der Waals surface area contributed by atoms with E-state index in [4.69, 9.17) is 21.4 Å². The minimum absolute atomic E-state index is 0.0866. The number of carboxylic acid groups (broad SMARTS) is 1. The zero-order chi connectivity index (χ0) is 33.1. The highest BCUT2D eigenvalue weighted by Crippen LogP contribution is 2.44. The molecule has 0 radical (unpaired) electrons. The number of fused-ring (bicyclic) bond motifs is 1. The Morgan fingerprint density at radius 2 is 1.81 bits per heavy atom. The summed E-state index contributed by atoms with van der Waals surface area (Å²) in [6.07, 6.45) is 13.7. The fourth-order valence-corrected chi connectivity index (χ4v) is 6.90. The number of hydrogen-bond acceptors (Lipinski definition) is 8. The summed E-state index contributed by atoms with van der Waals surface area (Å²) < 4.78 is 7.58. The van der Waals surface area contributed by atoms with Crippen LogP contribution >= 0.6 is 11.6 Å². The Hall–Kier alpha value is -4.84. The van der Waals surface area contributed by atoms with Gasteiger partial charge in [-0.05, 0) is 62.3 Å². The van der Waals surface area contributed by atoms with Gasteiger partial charge in [-0.2, -0.15) is 4.98 Å². The molecule has 3 heterocycles. The van der Waals surface area contributed by atoms with E-state index in [-0.39, 0.29) is 29.9 Å². The molecule has 13 heteroatoms. The van der Waals surface area contributed by atoms with Crippen molar-refractivity contribution < 1.29 is 24.2 Å². The lowest BCUT2D eigenvalue weighted by Crippen LogP contribution is -2.55. The van der Waals surface area contributed by atoms with Gasteiger partial charge in [0.1, 0.15) is 11.2 Å². The van der Waals surface area contributed by atoms with Crippen LogP contribution in [0.5, 0.6) is 5.88 Å². The highest BCUT2D eigenvalue weighted by Gasteiger charge is 2.43. The third kappa shape index (κ3) is 6.55. The standard InChI is InChI=1S/C34H36ClN7O5/c1-3-47-32-24(12-13-27(43)44)36-19-26(39-32)40-33(46)34(14-6-7-15-34)41-31(45)21-10-11-23-25(16-21)42(2)29(28(23)20-8-4-5-9-20)30-37-17-22(35)18-38-30/h10-13,16-20H,3-9,14-15H2,1-2H3,(H,41,45)(H,43,44)(H,39,40,46)/b13-12+. The summed E-state index contributed by atoms with van der Waals surface area (Å²) in [5, 5.41) is 16.4. The maximum atomic E-state index is 13.8. The summed E-state index contributed by atoms with van der Waals surface area (Å²) in [4.78, 5) is 56.2. The average Bonchev–Trinajstić information content (AvgIpc) is 3.82. The monoisotopic (exact) mass is 657 g/mol. The quantitative estimate of drug-likeness (QED) is 0.176. The second-order valence-corrected chi connectivity index (χ2v) is 12.4. The lowest BCUT2D eigenvalue weighted by Gasteiger charge is -2.29. The van der Waals surface area contributed by atoms with E-state index in [0.29, 0.717) is 35.2 Å². The summed E-state index contributed by atoms with van der Waals surface area (Å²) in [6.45, 7) is 2.02. The molecule has 3 aromatic heterocycles. The molecule has 47 heavy (non-hydrogen) atoms. The maximum Gasteiger partial charge on any atom is 0.328 e. The van der Waals surface area contributed by atoms with Gasteiger partial charge >= 0.3 is 5.97 Å². The van der Waals surface area contributed by atoms with Crippen molar-refractivity contribution in [1.82, 2.24) is 29.8 Å². The minimum atomic E-state index is -1.15. The molecule has 3 N–H and O–H groups in total. The molecule has 4 aromatic rings. The van der Waals surface area contributed by atoms with E-state index in [9.17, 15) is 14.4 Å². The van der Waals surface area contributed by atoms with Crippen LogP contribution in [0, 0.1) is 0 Å². The fourth-order valence-electron chi connectivity index (χ4n) is 6.80. The number of hydrogen-bond donors (Lipinski definition) is 3. The number of carbonyl (C=O) groups is 3. The van der Waals surface area contributed by atoms with Crippen LogP contribution in [0.15, 0.2) is 42.9 Å². The van der Waals surface area contributed by atoms with Gasteiger partial charge < -0.3 is 25.0 Å². The van der Waals surface area contributed by atoms with Crippen molar-refractivity contribution in [3.8, 4) is 17.4 Å². The number of nitrogens with one attached hydrogen (secondary N) is 2. The van der Waals surface area contributed by atoms with Crippen LogP contribution in [-0.4, -0.2) is 59.5 Å². The van der Waals surface area contributed by atoms with Crippen LogP contribution in [0.2, 0.25) is 5.02 Å². The number of carbonyl (C=O) groups excluding carboxylic acids is 2. The van der Waals surface area contributed by atoms with Gasteiger partial charge in [-0.1, -0.05) is 43.4 Å². The van der Waals surface area contributed by atoms with Gasteiger partial charge in [0.25, 0.3) is 11.8 Å². The number of benzene rings is 1. The summed E-state index contributed by atoms with van der Waals surface area (Å²) in [6, 6.07) is 5.67. The second-order valence-electron chi connectivity index (χ2n) is 12.0. The molecule has 2 aliphatic rings. The molecule has 2 fully saturated rings. The van der Waals surface area contributed by atoms with Crippen molar-refractivity contribution in [2.24, 2.45) is 7.05 Å². The number of carboxylic acids is 1. The van der Waals surface area contributed by atoms with Crippen LogP contribution in [0.3, 0.4) is 0 Å². The largest absolute Gasteiger partial charge is 0.478 e. The Labute approximate surface area is 276 Å². The molecule has 12 nitrogen and oxygen atoms in total. The van der Waals surface area contributed by atoms with Gasteiger partial charge in [-0.25, -0.2) is 19.7 Å². The van der Waals surface area contributed by atoms with E-state index in [2.05, 4.69) is 30.6 Å². The van der Waals surface area contributed by atoms with Gasteiger partial charge in [-0.3, -0.25) is 9.59 Å². The predicted molar refractivity (Wildman–Crippen MR) is 177 cm³/mol. The van der Waals surface area contributed by atoms with Crippen LogP contribution in [-0.2, 0) is 16.6 Å². The highest BCUT2D eigenvalue weighted by molar-refractivity contribution is 6.30. The molecule has 244 valence electrons. The van der Waals surface area contributed by atoms with E-state index >= 15 is 0 Å². The molecule has 1 aromatic carbocycles. The molecule has 0 atom stereocenters. The number of rotatable bonds is 10. The van der Waals surface area contributed by atoms with E-state index in [1.807, 2.05) is 29.8 Å². The number of aryl methyl sites for hydroxylation is 1. The van der Waals surface area contributed by atoms with E-state index in [1.54, 1.807) is 19.3 Å². The van der Waals surface area contributed by atoms with Gasteiger partial charge in [-0.15, -0.1) is 0 Å². The van der Waals surface area contributed by atoms with Crippen molar-refractivity contribution in [1.29, 1.82) is 0 Å². The summed E-state index contributed by atoms with van der Waals surface area (Å²) in [5.74, 6) is -0.721. The van der Waals surface area contributed by atoms with Crippen molar-refractivity contribution >= 4 is 52.2 Å². The molecule has 2 amide bonds. The normalized spacial score (nSPS) is 16.1. The number of halogens is 1. The summed E-state index contributed by atoms with van der Waals surface area (Å²) >= 11 is 6.10. The van der Waals surface area contributed by atoms with Crippen LogP contribution < -0.4 is 15.4 Å². The number of aromatic nitrogens is 5. The van der Waals surface area contributed by atoms with Crippen molar-refractivity contribution in [2.75, 3.05) is 11.9 Å². The Morgan fingerprint density at radius 3 is 2.49 bits per heavy atom. The molecule has 0 saturated heterocycles. The predicted octanol–water partition coefficient (Wildman–Crippen LogP) is 5.91. The van der Waals surface area contributed by atoms with Crippen LogP contribution in [0.25, 0.3) is 28.5 Å². The Bertz CT molecular complexity index is 1860. The van der Waals surface area contributed by atoms with Crippen LogP contribution in [0.1, 0.15) is 85.8 Å². The van der Waals surface area contributed by atoms with Gasteiger partial charge in [0, 0.05) is 42.0 Å². The summed E-state index contributed by atoms with van der Waals surface area (Å²) in [5.41, 5.74) is 2.50. The molecule has 0 unspecified atom stereocenters. The SMILES string of the molecule is CCOc1nc(NC(=O)C2(NC(=O)c3ccc4c(C5CCCC5)c(-c5ncc(Cl)cn5)n(C)c4c3)CCCC2)cnc1/C=C/C(=O)O. The smallest absolute Gasteiger partial charge is 0.328 e. The molecule has 0 spiro atoms. The van der Waals surface area contributed by atoms with E-state index in [1.165, 1.54) is 17.8 Å². The Morgan fingerprint density at radius 1 is 1.09 bits per heavy atom. The number of aliphatic carboxylic acids is 1. The molecule has 0 bridgehead atoms. The van der Waals surface area contributed by atoms with E-state index in [0.717, 1.165) is 61.2 Å². The highest BCUT2D eigenvalue weighted by atomic mass is 35.5. The van der Waals surface area contributed by atoms with Crippen LogP contribution in [0.4, 0.5) is 5.82 Å². The first-order valence-electron chi connectivity index (χ1n) is 15.8. The summed E-state index contributed by atoms with van der Waals surface area (Å²) in [7, 11) is 1.96. The Kier molecular flexibility index (Phi) is 9.21. The molecule has 2 aliphatic carbocycles. The topological polar surface area (TPSA) is 161 Å². The zero-order valence-electron chi connectivity index (χ0n) is 26.3. The van der Waals surface area contributed by atoms with Crippen molar-refractivity contribution in [2.45, 2.75) is 69.7 Å². The van der Waals surface area contributed by atoms with E-state index < -0.39 is 17.4 Å². The molecule has 2 saturated carbocycles. The van der Waals surface area contributed by atoms with Crippen molar-refractivity contribution in [3.05, 3.63) is 64.7 Å². The zero-order valence-corrected chi connectivity index (χ0v) is 27.0. The first-order valence-corrected chi connectivity index (χ1v) is 16.2. The lowest BCUT2D eigenvalue weighted by molar-refractivity contribution is -0.131. The Balaban J connectivity index is 1.28. The van der Waals surface area contributed by atoms with Gasteiger partial charge in [0.2, 0.25) is 5.88 Å². The number of ether oxygens (including phenoxy) is 1. The second kappa shape index (κ2) is 13.5. The lowest BCUT2D eigenvalue weighted by atomic mass is 9.93. The third-order valence-electron chi connectivity index (χ3n) is 9.02. The molecule has 0 aliphatic heterocycles. The van der Waals surface area contributed by atoms with Gasteiger partial charge in [0.05, 0.1) is 23.5 Å². The molecule has 6 rings (SSSR count). The number of anilines is 1. The van der Waals surface area contributed by atoms with Crippen molar-refractivity contribution in [3.63, 3.8) is 0 Å². The first-order chi connectivity index (χ1) is 22.7. The average molecular weight is 658 g/mol. The molecular weight excluding hydrogens is 622 g/mol. The number of amides is 2. The first kappa shape index (κ1) is 32.1. The maximum absolute atomic E-state index is 13.8.